The summed E-state index contributed by atoms with van der Waals surface area (Å²) in [5.41, 5.74) is 5.22. The summed E-state index contributed by atoms with van der Waals surface area (Å²) in [4.78, 5) is 15.5. The molecule has 1 aliphatic carbocycles. The first-order valence-corrected chi connectivity index (χ1v) is 11.1. The van der Waals surface area contributed by atoms with Crippen LogP contribution in [0.5, 0.6) is 0 Å². The third-order valence-electron chi connectivity index (χ3n) is 6.43. The minimum absolute atomic E-state index is 0.0662. The van der Waals surface area contributed by atoms with Crippen molar-refractivity contribution in [2.24, 2.45) is 0 Å². The third-order valence-corrected chi connectivity index (χ3v) is 6.43. The van der Waals surface area contributed by atoms with Crippen LogP contribution in [0, 0.1) is 6.92 Å². The van der Waals surface area contributed by atoms with Gasteiger partial charge in [-0.15, -0.1) is 0 Å². The molecule has 1 aromatic carbocycles. The highest BCUT2D eigenvalue weighted by Gasteiger charge is 2.26. The summed E-state index contributed by atoms with van der Waals surface area (Å²) < 4.78 is 5.16. The zero-order valence-electron chi connectivity index (χ0n) is 17.7. The average Bonchev–Trinajstić information content (AvgIpc) is 3.13. The van der Waals surface area contributed by atoms with E-state index in [0.717, 1.165) is 44.2 Å². The number of carbonyl (C=O) groups excluding carboxylic acids is 1. The Labute approximate surface area is 173 Å². The first kappa shape index (κ1) is 20.1. The predicted octanol–water partition coefficient (Wildman–Crippen LogP) is 0.0226. The van der Waals surface area contributed by atoms with Crippen molar-refractivity contribution < 1.29 is 19.1 Å². The normalized spacial score (nSPS) is 22.7. The maximum absolute atomic E-state index is 12.6. The van der Waals surface area contributed by atoms with Crippen LogP contribution in [0.3, 0.4) is 0 Å². The molecule has 0 unspecified atom stereocenters. The summed E-state index contributed by atoms with van der Waals surface area (Å²) in [6.07, 6.45) is 4.96. The number of carbonyl (C=O) groups is 1. The first-order valence-electron chi connectivity index (χ1n) is 11.1. The molecule has 2 heterocycles. The van der Waals surface area contributed by atoms with Crippen LogP contribution in [0.4, 0.5) is 0 Å². The maximum Gasteiger partial charge on any atom is 0.275 e. The standard InChI is InChI=1S/C23H32N4O2/c1-17-13-22(25-29-17)15-26-9-11-27(12-10-26)16-23(28)24-18(2)20-8-7-19-5-3-4-6-21(19)14-20/h7-8,13-14,18H,3-6,9-12,15-16H2,1-2H3,(H,24,28)/p+2/t18-/m1/s1. The topological polar surface area (TPSA) is 64.0 Å². The molecule has 3 N–H and O–H groups in total. The second-order valence-corrected chi connectivity index (χ2v) is 8.81. The Kier molecular flexibility index (Phi) is 6.31. The van der Waals surface area contributed by atoms with Gasteiger partial charge in [0, 0.05) is 6.07 Å². The molecule has 0 bridgehead atoms. The summed E-state index contributed by atoms with van der Waals surface area (Å²) in [5, 5.41) is 7.31. The molecule has 4 rings (SSSR count). The van der Waals surface area contributed by atoms with Crippen LogP contribution in [0.15, 0.2) is 28.8 Å². The Morgan fingerprint density at radius 3 is 2.55 bits per heavy atom. The molecule has 0 saturated carbocycles. The van der Waals surface area contributed by atoms with E-state index < -0.39 is 0 Å². The second-order valence-electron chi connectivity index (χ2n) is 8.81. The summed E-state index contributed by atoms with van der Waals surface area (Å²) in [5.74, 6) is 1.02. The molecule has 156 valence electrons. The Bertz CT molecular complexity index is 839. The zero-order valence-corrected chi connectivity index (χ0v) is 17.7. The van der Waals surface area contributed by atoms with Crippen LogP contribution in [0.2, 0.25) is 0 Å². The highest BCUT2D eigenvalue weighted by Crippen LogP contribution is 2.24. The van der Waals surface area contributed by atoms with Crippen molar-refractivity contribution >= 4 is 5.91 Å². The number of aryl methyl sites for hydroxylation is 3. The SMILES string of the molecule is Cc1cc(C[NH+]2CC[NH+](CC(=O)N[C@H](C)c3ccc4c(c3)CCCC4)CC2)no1. The van der Waals surface area contributed by atoms with Gasteiger partial charge in [0.15, 0.2) is 6.54 Å². The van der Waals surface area contributed by atoms with Crippen molar-refractivity contribution in [1.82, 2.24) is 10.5 Å². The van der Waals surface area contributed by atoms with E-state index in [4.69, 9.17) is 4.52 Å². The van der Waals surface area contributed by atoms with Gasteiger partial charge in [0.2, 0.25) is 0 Å². The fraction of sp³-hybridized carbons (Fsp3) is 0.565. The van der Waals surface area contributed by atoms with Crippen LogP contribution < -0.4 is 15.1 Å². The van der Waals surface area contributed by atoms with Gasteiger partial charge < -0.3 is 19.6 Å². The molecule has 1 aromatic heterocycles. The molecule has 1 fully saturated rings. The molecule has 29 heavy (non-hydrogen) atoms. The molecule has 1 amide bonds. The number of fused-ring (bicyclic) bond motifs is 1. The molecule has 0 radical (unpaired) electrons. The number of hydrogen-bond acceptors (Lipinski definition) is 3. The van der Waals surface area contributed by atoms with E-state index in [1.54, 1.807) is 0 Å². The molecule has 2 aromatic rings. The first-order chi connectivity index (χ1) is 14.1. The van der Waals surface area contributed by atoms with E-state index in [1.807, 2.05) is 13.0 Å². The van der Waals surface area contributed by atoms with Gasteiger partial charge in [-0.25, -0.2) is 0 Å². The van der Waals surface area contributed by atoms with Gasteiger partial charge >= 0.3 is 0 Å². The van der Waals surface area contributed by atoms with E-state index in [-0.39, 0.29) is 11.9 Å². The molecule has 6 heteroatoms. The van der Waals surface area contributed by atoms with Gasteiger partial charge in [0.25, 0.3) is 5.91 Å². The lowest BCUT2D eigenvalue weighted by Gasteiger charge is -2.29. The van der Waals surface area contributed by atoms with E-state index in [9.17, 15) is 4.79 Å². The van der Waals surface area contributed by atoms with Crippen LogP contribution in [0.1, 0.15) is 54.0 Å². The molecule has 1 saturated heterocycles. The van der Waals surface area contributed by atoms with Crippen molar-refractivity contribution in [3.8, 4) is 0 Å². The largest absolute Gasteiger partial charge is 0.361 e. The van der Waals surface area contributed by atoms with Crippen molar-refractivity contribution in [3.05, 3.63) is 52.4 Å². The number of quaternary nitrogens is 2. The lowest BCUT2D eigenvalue weighted by Crippen LogP contribution is -3.28. The van der Waals surface area contributed by atoms with Crippen LogP contribution in [-0.4, -0.2) is 43.8 Å². The minimum Gasteiger partial charge on any atom is -0.361 e. The van der Waals surface area contributed by atoms with E-state index in [2.05, 4.69) is 35.6 Å². The number of piperazine rings is 1. The number of rotatable bonds is 6. The minimum atomic E-state index is 0.0662. The van der Waals surface area contributed by atoms with Gasteiger partial charge in [-0.2, -0.15) is 0 Å². The van der Waals surface area contributed by atoms with E-state index in [1.165, 1.54) is 52.2 Å². The summed E-state index contributed by atoms with van der Waals surface area (Å²) >= 11 is 0. The van der Waals surface area contributed by atoms with Crippen molar-refractivity contribution in [1.29, 1.82) is 0 Å². The average molecular weight is 399 g/mol. The highest BCUT2D eigenvalue weighted by atomic mass is 16.5. The third kappa shape index (κ3) is 5.25. The smallest absolute Gasteiger partial charge is 0.275 e. The number of aromatic nitrogens is 1. The number of nitrogens with zero attached hydrogens (tertiary/aromatic N) is 1. The van der Waals surface area contributed by atoms with Gasteiger partial charge in [-0.05, 0) is 56.2 Å². The maximum atomic E-state index is 12.6. The molecule has 0 spiro atoms. The summed E-state index contributed by atoms with van der Waals surface area (Å²) in [7, 11) is 0. The molecular weight excluding hydrogens is 364 g/mol. The highest BCUT2D eigenvalue weighted by molar-refractivity contribution is 5.77. The van der Waals surface area contributed by atoms with Gasteiger partial charge in [0.05, 0.1) is 6.04 Å². The number of benzene rings is 1. The van der Waals surface area contributed by atoms with E-state index in [0.29, 0.717) is 6.54 Å². The Balaban J connectivity index is 1.23. The number of amides is 1. The van der Waals surface area contributed by atoms with Gasteiger partial charge in [-0.3, -0.25) is 4.79 Å². The lowest BCUT2D eigenvalue weighted by atomic mass is 9.89. The number of nitrogens with one attached hydrogen (secondary N) is 3. The summed E-state index contributed by atoms with van der Waals surface area (Å²) in [6, 6.07) is 8.84. The predicted molar refractivity (Wildman–Crippen MR) is 111 cm³/mol. The fourth-order valence-electron chi connectivity index (χ4n) is 4.69. The van der Waals surface area contributed by atoms with Crippen molar-refractivity contribution in [2.45, 2.75) is 52.1 Å². The zero-order chi connectivity index (χ0) is 20.2. The van der Waals surface area contributed by atoms with Crippen LogP contribution in [-0.2, 0) is 24.2 Å². The van der Waals surface area contributed by atoms with Gasteiger partial charge in [0.1, 0.15) is 44.2 Å². The van der Waals surface area contributed by atoms with Gasteiger partial charge in [-0.1, -0.05) is 23.4 Å². The Morgan fingerprint density at radius 1 is 1.10 bits per heavy atom. The van der Waals surface area contributed by atoms with Crippen molar-refractivity contribution in [2.75, 3.05) is 32.7 Å². The second kappa shape index (κ2) is 9.09. The Morgan fingerprint density at radius 2 is 1.83 bits per heavy atom. The lowest BCUT2D eigenvalue weighted by molar-refractivity contribution is -1.02. The van der Waals surface area contributed by atoms with Crippen molar-refractivity contribution in [3.63, 3.8) is 0 Å². The quantitative estimate of drug-likeness (QED) is 0.643. The monoisotopic (exact) mass is 398 g/mol. The molecule has 6 nitrogen and oxygen atoms in total. The molecule has 1 aliphatic heterocycles. The van der Waals surface area contributed by atoms with Crippen LogP contribution in [0.25, 0.3) is 0 Å². The molecule has 2 aliphatic rings. The Hall–Kier alpha value is -2.18. The molecular formula is C23H34N4O2+2. The van der Waals surface area contributed by atoms with Crippen LogP contribution >= 0.6 is 0 Å². The molecule has 1 atom stereocenters. The number of hydrogen-bond donors (Lipinski definition) is 3. The van der Waals surface area contributed by atoms with E-state index >= 15 is 0 Å². The fourth-order valence-corrected chi connectivity index (χ4v) is 4.69. The summed E-state index contributed by atoms with van der Waals surface area (Å²) in [6.45, 7) is 9.67.